The second-order valence-electron chi connectivity index (χ2n) is 7.45. The third-order valence-electron chi connectivity index (χ3n) is 4.25. The molecule has 3 rings (SSSR count). The van der Waals surface area contributed by atoms with E-state index in [-0.39, 0.29) is 6.61 Å². The molecular weight excluding hydrogens is 511 g/mol. The maximum atomic E-state index is 10.1. The van der Waals surface area contributed by atoms with E-state index in [0.29, 0.717) is 11.5 Å². The molecule has 0 aromatic heterocycles. The lowest BCUT2D eigenvalue weighted by molar-refractivity contribution is 0.259. The fourth-order valence-electron chi connectivity index (χ4n) is 2.84. The molecule has 4 nitrogen and oxygen atoms in total. The van der Waals surface area contributed by atoms with Crippen molar-refractivity contribution in [2.75, 3.05) is 0 Å². The van der Waals surface area contributed by atoms with Crippen LogP contribution in [-0.4, -0.2) is 13.0 Å². The van der Waals surface area contributed by atoms with Gasteiger partial charge in [0.1, 0.15) is 0 Å². The van der Waals surface area contributed by atoms with Crippen LogP contribution in [0.25, 0.3) is 11.1 Å². The third kappa shape index (κ3) is 8.95. The largest absolute Gasteiger partial charge is 0.397 e. The molecule has 3 aromatic rings. The van der Waals surface area contributed by atoms with Gasteiger partial charge in [-0.3, -0.25) is 4.55 Å². The Balaban J connectivity index is 0.000000232. The van der Waals surface area contributed by atoms with Crippen molar-refractivity contribution in [2.45, 2.75) is 33.8 Å². The Morgan fingerprint density at radius 3 is 2.13 bits per heavy atom. The van der Waals surface area contributed by atoms with Gasteiger partial charge in [0.2, 0.25) is 0 Å². The summed E-state index contributed by atoms with van der Waals surface area (Å²) in [5.74, 6) is 0.705. The van der Waals surface area contributed by atoms with Gasteiger partial charge in [-0.1, -0.05) is 86.1 Å². The molecule has 0 fully saturated rings. The van der Waals surface area contributed by atoms with Gasteiger partial charge in [-0.2, -0.15) is 8.42 Å². The first kappa shape index (κ1) is 24.5. The van der Waals surface area contributed by atoms with E-state index in [1.54, 1.807) is 30.3 Å². The highest BCUT2D eigenvalue weighted by atomic mass is 127. The minimum absolute atomic E-state index is 0.139. The fraction of sp³-hybridized carbons (Fsp3) is 0.250. The summed E-state index contributed by atoms with van der Waals surface area (Å²) in [5, 5.41) is 0. The fourth-order valence-corrected chi connectivity index (χ4v) is 3.77. The van der Waals surface area contributed by atoms with Crippen LogP contribution in [0.2, 0.25) is 0 Å². The van der Waals surface area contributed by atoms with Crippen molar-refractivity contribution in [2.24, 2.45) is 5.92 Å². The summed E-state index contributed by atoms with van der Waals surface area (Å²) in [6.45, 7) is 6.52. The van der Waals surface area contributed by atoms with E-state index in [9.17, 15) is 8.42 Å². The maximum Gasteiger partial charge on any atom is 0.397 e. The van der Waals surface area contributed by atoms with Gasteiger partial charge in [-0.05, 0) is 70.2 Å². The van der Waals surface area contributed by atoms with Crippen molar-refractivity contribution < 1.29 is 17.2 Å². The molecule has 0 aliphatic carbocycles. The lowest BCUT2D eigenvalue weighted by Gasteiger charge is -2.10. The Bertz CT molecular complexity index is 1030. The molecule has 0 amide bonds. The molecule has 0 radical (unpaired) electrons. The number of aryl methyl sites for hydroxylation is 1. The van der Waals surface area contributed by atoms with E-state index >= 15 is 0 Å². The lowest BCUT2D eigenvalue weighted by Crippen LogP contribution is -2.03. The average molecular weight is 538 g/mol. The van der Waals surface area contributed by atoms with Crippen LogP contribution in [-0.2, 0) is 27.6 Å². The monoisotopic (exact) mass is 538 g/mol. The molecule has 0 aliphatic rings. The van der Waals surface area contributed by atoms with Gasteiger partial charge >= 0.3 is 10.4 Å². The summed E-state index contributed by atoms with van der Waals surface area (Å²) in [6.07, 6.45) is 1.15. The first-order valence-corrected chi connectivity index (χ1v) is 12.1. The highest BCUT2D eigenvalue weighted by molar-refractivity contribution is 14.1. The summed E-state index contributed by atoms with van der Waals surface area (Å²) in [6, 6.07) is 24.3. The van der Waals surface area contributed by atoms with Crippen molar-refractivity contribution in [1.82, 2.24) is 0 Å². The van der Waals surface area contributed by atoms with Crippen molar-refractivity contribution >= 4 is 33.0 Å². The highest BCUT2D eigenvalue weighted by Crippen LogP contribution is 2.27. The van der Waals surface area contributed by atoms with Crippen LogP contribution >= 0.6 is 22.6 Å². The third-order valence-corrected chi connectivity index (χ3v) is 5.61. The first-order valence-electron chi connectivity index (χ1n) is 9.65. The molecule has 1 N–H and O–H groups in total. The van der Waals surface area contributed by atoms with Crippen molar-refractivity contribution in [3.63, 3.8) is 0 Å². The SMILES string of the molecule is Cc1ccc(-c2cc(CC(C)C)ccc2I)cc1.O=S(=O)(O)OCc1ccccc1. The van der Waals surface area contributed by atoms with E-state index in [1.165, 1.54) is 25.8 Å². The predicted octanol–water partition coefficient (Wildman–Crippen LogP) is 6.47. The molecule has 0 heterocycles. The predicted molar refractivity (Wildman–Crippen MR) is 131 cm³/mol. The standard InChI is InChI=1S/C17H19I.C7H8O4S/c1-12(2)10-14-6-9-17(18)16(11-14)15-7-4-13(3)5-8-15;8-12(9,10)11-6-7-4-2-1-3-5-7/h4-9,11-12H,10H2,1-3H3;1-5H,6H2,(H,8,9,10). The molecular formula is C24H27IO4S. The Hall–Kier alpha value is -1.74. The molecule has 160 valence electrons. The van der Waals surface area contributed by atoms with Gasteiger partial charge in [-0.25, -0.2) is 4.18 Å². The quantitative estimate of drug-likeness (QED) is 0.289. The first-order chi connectivity index (χ1) is 14.1. The van der Waals surface area contributed by atoms with Crippen molar-refractivity contribution in [1.29, 1.82) is 0 Å². The molecule has 0 atom stereocenters. The summed E-state index contributed by atoms with van der Waals surface area (Å²) >= 11 is 2.42. The van der Waals surface area contributed by atoms with Crippen molar-refractivity contribution in [3.8, 4) is 11.1 Å². The summed E-state index contributed by atoms with van der Waals surface area (Å²) in [7, 11) is -4.32. The molecule has 0 spiro atoms. The van der Waals surface area contributed by atoms with Gasteiger partial charge in [-0.15, -0.1) is 0 Å². The molecule has 0 aliphatic heterocycles. The zero-order valence-corrected chi connectivity index (χ0v) is 20.4. The Kier molecular flexibility index (Phi) is 9.48. The van der Waals surface area contributed by atoms with Gasteiger partial charge < -0.3 is 0 Å². The van der Waals surface area contributed by atoms with Gasteiger partial charge in [0.15, 0.2) is 0 Å². The highest BCUT2D eigenvalue weighted by Gasteiger charge is 2.06. The molecule has 0 bridgehead atoms. The molecule has 30 heavy (non-hydrogen) atoms. The second kappa shape index (κ2) is 11.6. The van der Waals surface area contributed by atoms with Crippen LogP contribution in [0.5, 0.6) is 0 Å². The number of hydrogen-bond acceptors (Lipinski definition) is 3. The summed E-state index contributed by atoms with van der Waals surface area (Å²) in [5.41, 5.74) is 6.10. The zero-order valence-electron chi connectivity index (χ0n) is 17.4. The van der Waals surface area contributed by atoms with Crippen LogP contribution < -0.4 is 0 Å². The van der Waals surface area contributed by atoms with Crippen LogP contribution in [0, 0.1) is 16.4 Å². The van der Waals surface area contributed by atoms with Crippen LogP contribution in [0.1, 0.15) is 30.5 Å². The zero-order chi connectivity index (χ0) is 22.1. The Labute approximate surface area is 193 Å². The smallest absolute Gasteiger partial charge is 0.264 e. The van der Waals surface area contributed by atoms with Gasteiger partial charge in [0.25, 0.3) is 0 Å². The maximum absolute atomic E-state index is 10.1. The topological polar surface area (TPSA) is 63.6 Å². The number of benzene rings is 3. The lowest BCUT2D eigenvalue weighted by atomic mass is 9.97. The van der Waals surface area contributed by atoms with Gasteiger partial charge in [0.05, 0.1) is 6.61 Å². The molecule has 6 heteroatoms. The minimum Gasteiger partial charge on any atom is -0.264 e. The Morgan fingerprint density at radius 1 is 0.933 bits per heavy atom. The second-order valence-corrected chi connectivity index (χ2v) is 9.71. The summed E-state index contributed by atoms with van der Waals surface area (Å²) in [4.78, 5) is 0. The molecule has 0 unspecified atom stereocenters. The molecule has 0 saturated heterocycles. The van der Waals surface area contributed by atoms with E-state index in [1.807, 2.05) is 0 Å². The molecule has 0 saturated carbocycles. The van der Waals surface area contributed by atoms with E-state index < -0.39 is 10.4 Å². The minimum atomic E-state index is -4.32. The number of rotatable bonds is 6. The van der Waals surface area contributed by atoms with Crippen LogP contribution in [0.4, 0.5) is 0 Å². The normalized spacial score (nSPS) is 11.1. The Morgan fingerprint density at radius 2 is 1.57 bits per heavy atom. The van der Waals surface area contributed by atoms with Crippen LogP contribution in [0.3, 0.4) is 0 Å². The molecule has 3 aromatic carbocycles. The number of halogens is 1. The van der Waals surface area contributed by atoms with E-state index in [0.717, 1.165) is 6.42 Å². The number of hydrogen-bond donors (Lipinski definition) is 1. The van der Waals surface area contributed by atoms with E-state index in [4.69, 9.17) is 4.55 Å². The van der Waals surface area contributed by atoms with Gasteiger partial charge in [0, 0.05) is 3.57 Å². The summed E-state index contributed by atoms with van der Waals surface area (Å²) < 4.78 is 34.0. The average Bonchev–Trinajstić information content (AvgIpc) is 2.69. The van der Waals surface area contributed by atoms with E-state index in [2.05, 4.69) is 90.0 Å². The van der Waals surface area contributed by atoms with Crippen LogP contribution in [0.15, 0.2) is 72.8 Å². The van der Waals surface area contributed by atoms with Crippen molar-refractivity contribution in [3.05, 3.63) is 93.1 Å².